The molecule has 1 aliphatic rings. The van der Waals surface area contributed by atoms with Crippen molar-refractivity contribution in [3.63, 3.8) is 0 Å². The fourth-order valence-electron chi connectivity index (χ4n) is 2.92. The first kappa shape index (κ1) is 15.5. The maximum atomic E-state index is 12.0. The first-order chi connectivity index (χ1) is 10.1. The lowest BCUT2D eigenvalue weighted by atomic mass is 9.86. The molecule has 2 N–H and O–H groups in total. The summed E-state index contributed by atoms with van der Waals surface area (Å²) < 4.78 is 0. The van der Waals surface area contributed by atoms with E-state index in [9.17, 15) is 9.59 Å². The highest BCUT2D eigenvalue weighted by molar-refractivity contribution is 5.76. The molecule has 1 amide bonds. The molecular weight excluding hydrogens is 266 g/mol. The number of carboxylic acid groups (broad SMARTS) is 1. The Morgan fingerprint density at radius 1 is 1.19 bits per heavy atom. The van der Waals surface area contributed by atoms with Crippen LogP contribution in [-0.4, -0.2) is 23.0 Å². The monoisotopic (exact) mass is 289 g/mol. The van der Waals surface area contributed by atoms with Crippen molar-refractivity contribution >= 4 is 11.9 Å². The second kappa shape index (κ2) is 7.25. The van der Waals surface area contributed by atoms with Crippen LogP contribution in [0.1, 0.15) is 43.2 Å². The van der Waals surface area contributed by atoms with E-state index in [0.29, 0.717) is 19.3 Å². The molecule has 1 saturated carbocycles. The van der Waals surface area contributed by atoms with Crippen molar-refractivity contribution in [2.45, 2.75) is 51.5 Å². The topological polar surface area (TPSA) is 66.4 Å². The molecule has 0 heterocycles. The van der Waals surface area contributed by atoms with Crippen molar-refractivity contribution < 1.29 is 14.7 Å². The van der Waals surface area contributed by atoms with Crippen molar-refractivity contribution in [1.82, 2.24) is 5.32 Å². The van der Waals surface area contributed by atoms with Crippen LogP contribution >= 0.6 is 0 Å². The van der Waals surface area contributed by atoms with E-state index in [1.54, 1.807) is 0 Å². The molecule has 4 nitrogen and oxygen atoms in total. The minimum atomic E-state index is -0.709. The van der Waals surface area contributed by atoms with Gasteiger partial charge in [-0.3, -0.25) is 9.59 Å². The number of hydrogen-bond acceptors (Lipinski definition) is 2. The minimum Gasteiger partial charge on any atom is -0.481 e. The Hall–Kier alpha value is -1.84. The molecule has 0 aliphatic heterocycles. The molecule has 0 saturated heterocycles. The zero-order valence-electron chi connectivity index (χ0n) is 12.5. The summed E-state index contributed by atoms with van der Waals surface area (Å²) >= 11 is 0. The van der Waals surface area contributed by atoms with Crippen LogP contribution in [0.3, 0.4) is 0 Å². The van der Waals surface area contributed by atoms with E-state index in [2.05, 4.69) is 24.4 Å². The van der Waals surface area contributed by atoms with Crippen LogP contribution in [0, 0.1) is 12.8 Å². The Morgan fingerprint density at radius 3 is 2.48 bits per heavy atom. The third-order valence-electron chi connectivity index (χ3n) is 4.32. The van der Waals surface area contributed by atoms with Gasteiger partial charge in [-0.2, -0.15) is 0 Å². The summed E-state index contributed by atoms with van der Waals surface area (Å²) in [6, 6.07) is 8.25. The summed E-state index contributed by atoms with van der Waals surface area (Å²) in [4.78, 5) is 22.9. The van der Waals surface area contributed by atoms with E-state index in [1.807, 2.05) is 12.1 Å². The van der Waals surface area contributed by atoms with E-state index < -0.39 is 5.97 Å². The Bertz CT molecular complexity index is 505. The van der Waals surface area contributed by atoms with Gasteiger partial charge in [-0.05, 0) is 50.2 Å². The molecule has 0 aromatic heterocycles. The number of aliphatic carboxylic acids is 1. The summed E-state index contributed by atoms with van der Waals surface area (Å²) in [7, 11) is 0. The molecular formula is C17H23NO3. The quantitative estimate of drug-likeness (QED) is 0.876. The third-order valence-corrected chi connectivity index (χ3v) is 4.32. The summed E-state index contributed by atoms with van der Waals surface area (Å²) in [5, 5.41) is 12.0. The van der Waals surface area contributed by atoms with Crippen LogP contribution in [0.25, 0.3) is 0 Å². The highest BCUT2D eigenvalue weighted by Crippen LogP contribution is 2.24. The Balaban J connectivity index is 1.73. The number of carboxylic acids is 1. The largest absolute Gasteiger partial charge is 0.481 e. The summed E-state index contributed by atoms with van der Waals surface area (Å²) in [6.07, 6.45) is 4.11. The smallest absolute Gasteiger partial charge is 0.306 e. The van der Waals surface area contributed by atoms with Crippen LogP contribution in [0.2, 0.25) is 0 Å². The normalized spacial score (nSPS) is 21.8. The Labute approximate surface area is 125 Å². The highest BCUT2D eigenvalue weighted by Gasteiger charge is 2.26. The van der Waals surface area contributed by atoms with Gasteiger partial charge in [0.25, 0.3) is 0 Å². The van der Waals surface area contributed by atoms with Crippen LogP contribution in [0.15, 0.2) is 24.3 Å². The number of aryl methyl sites for hydroxylation is 2. The second-order valence-corrected chi connectivity index (χ2v) is 5.88. The molecule has 1 aromatic carbocycles. The van der Waals surface area contributed by atoms with Gasteiger partial charge < -0.3 is 10.4 Å². The summed E-state index contributed by atoms with van der Waals surface area (Å²) in [5.74, 6) is -0.874. The predicted molar refractivity (Wildman–Crippen MR) is 81.0 cm³/mol. The van der Waals surface area contributed by atoms with Gasteiger partial charge in [-0.1, -0.05) is 24.3 Å². The van der Waals surface area contributed by atoms with Crippen molar-refractivity contribution in [1.29, 1.82) is 0 Å². The van der Waals surface area contributed by atoms with E-state index in [1.165, 1.54) is 11.1 Å². The maximum absolute atomic E-state index is 12.0. The average Bonchev–Trinajstić information content (AvgIpc) is 2.47. The number of carbonyl (C=O) groups is 2. The van der Waals surface area contributed by atoms with E-state index in [0.717, 1.165) is 19.3 Å². The zero-order chi connectivity index (χ0) is 15.2. The fourth-order valence-corrected chi connectivity index (χ4v) is 2.92. The second-order valence-electron chi connectivity index (χ2n) is 5.88. The SMILES string of the molecule is Cc1ccccc1CCC(=O)NC1CCC(C(=O)O)CC1. The lowest BCUT2D eigenvalue weighted by Gasteiger charge is -2.26. The van der Waals surface area contributed by atoms with Gasteiger partial charge in [0.2, 0.25) is 5.91 Å². The standard InChI is InChI=1S/C17H23NO3/c1-12-4-2-3-5-13(12)8-11-16(19)18-15-9-6-14(7-10-15)17(20)21/h2-5,14-15H,6-11H2,1H3,(H,18,19)(H,20,21). The zero-order valence-corrected chi connectivity index (χ0v) is 12.5. The van der Waals surface area contributed by atoms with Gasteiger partial charge in [-0.25, -0.2) is 0 Å². The molecule has 1 aliphatic carbocycles. The molecule has 0 bridgehead atoms. The van der Waals surface area contributed by atoms with Crippen LogP contribution < -0.4 is 5.32 Å². The molecule has 0 unspecified atom stereocenters. The lowest BCUT2D eigenvalue weighted by molar-refractivity contribution is -0.142. The molecule has 0 radical (unpaired) electrons. The first-order valence-electron chi connectivity index (χ1n) is 7.63. The van der Waals surface area contributed by atoms with Crippen LogP contribution in [0.5, 0.6) is 0 Å². The van der Waals surface area contributed by atoms with Crippen molar-refractivity contribution in [2.24, 2.45) is 5.92 Å². The van der Waals surface area contributed by atoms with E-state index in [-0.39, 0.29) is 17.9 Å². The van der Waals surface area contributed by atoms with E-state index in [4.69, 9.17) is 5.11 Å². The number of hydrogen-bond donors (Lipinski definition) is 2. The molecule has 21 heavy (non-hydrogen) atoms. The summed E-state index contributed by atoms with van der Waals surface area (Å²) in [6.45, 7) is 2.06. The van der Waals surface area contributed by atoms with Gasteiger partial charge in [0.15, 0.2) is 0 Å². The van der Waals surface area contributed by atoms with Crippen molar-refractivity contribution in [2.75, 3.05) is 0 Å². The number of rotatable bonds is 5. The number of benzene rings is 1. The van der Waals surface area contributed by atoms with Gasteiger partial charge >= 0.3 is 5.97 Å². The van der Waals surface area contributed by atoms with Gasteiger partial charge in [0.05, 0.1) is 5.92 Å². The van der Waals surface area contributed by atoms with Crippen LogP contribution in [0.4, 0.5) is 0 Å². The molecule has 114 valence electrons. The van der Waals surface area contributed by atoms with Gasteiger partial charge in [0.1, 0.15) is 0 Å². The third kappa shape index (κ3) is 4.59. The van der Waals surface area contributed by atoms with Crippen molar-refractivity contribution in [3.8, 4) is 0 Å². The predicted octanol–water partition coefficient (Wildman–Crippen LogP) is 2.69. The molecule has 2 rings (SSSR count). The minimum absolute atomic E-state index is 0.0667. The lowest BCUT2D eigenvalue weighted by Crippen LogP contribution is -2.38. The van der Waals surface area contributed by atoms with E-state index >= 15 is 0 Å². The molecule has 0 atom stereocenters. The highest BCUT2D eigenvalue weighted by atomic mass is 16.4. The Kier molecular flexibility index (Phi) is 5.37. The number of amides is 1. The summed E-state index contributed by atoms with van der Waals surface area (Å²) in [5.41, 5.74) is 2.43. The van der Waals surface area contributed by atoms with Gasteiger partial charge in [0, 0.05) is 12.5 Å². The van der Waals surface area contributed by atoms with Gasteiger partial charge in [-0.15, -0.1) is 0 Å². The maximum Gasteiger partial charge on any atom is 0.306 e. The Morgan fingerprint density at radius 2 is 1.86 bits per heavy atom. The van der Waals surface area contributed by atoms with Crippen molar-refractivity contribution in [3.05, 3.63) is 35.4 Å². The first-order valence-corrected chi connectivity index (χ1v) is 7.63. The molecule has 1 fully saturated rings. The molecule has 1 aromatic rings. The molecule has 4 heteroatoms. The average molecular weight is 289 g/mol. The number of nitrogens with one attached hydrogen (secondary N) is 1. The molecule has 0 spiro atoms. The fraction of sp³-hybridized carbons (Fsp3) is 0.529. The van der Waals surface area contributed by atoms with Crippen LogP contribution in [-0.2, 0) is 16.0 Å². The number of carbonyl (C=O) groups excluding carboxylic acids is 1.